The molecule has 0 aliphatic rings. The van der Waals surface area contributed by atoms with Gasteiger partial charge in [-0.05, 0) is 66.4 Å². The molecule has 25 heavy (non-hydrogen) atoms. The smallest absolute Gasteiger partial charge is 0.343 e. The predicted octanol–water partition coefficient (Wildman–Crippen LogP) is 6.11. The molecule has 0 amide bonds. The van der Waals surface area contributed by atoms with Gasteiger partial charge in [-0.2, -0.15) is 0 Å². The fourth-order valence-corrected chi connectivity index (χ4v) is 2.87. The van der Waals surface area contributed by atoms with E-state index in [1.807, 2.05) is 49.4 Å². The third-order valence-corrected chi connectivity index (χ3v) is 4.50. The molecule has 3 aromatic rings. The molecule has 0 aromatic heterocycles. The van der Waals surface area contributed by atoms with Gasteiger partial charge in [0.2, 0.25) is 0 Å². The van der Waals surface area contributed by atoms with Gasteiger partial charge in [-0.25, -0.2) is 4.79 Å². The fourth-order valence-electron chi connectivity index (χ4n) is 2.54. The van der Waals surface area contributed by atoms with Gasteiger partial charge in [0, 0.05) is 10.0 Å². The van der Waals surface area contributed by atoms with E-state index in [2.05, 4.69) is 0 Å². The summed E-state index contributed by atoms with van der Waals surface area (Å²) < 4.78 is 5.49. The minimum atomic E-state index is -0.404. The highest BCUT2D eigenvalue weighted by atomic mass is 35.5. The topological polar surface area (TPSA) is 26.3 Å². The van der Waals surface area contributed by atoms with E-state index < -0.39 is 5.97 Å². The molecule has 2 nitrogen and oxygen atoms in total. The van der Waals surface area contributed by atoms with Crippen molar-refractivity contribution in [3.05, 3.63) is 99.0 Å². The Morgan fingerprint density at radius 2 is 1.68 bits per heavy atom. The number of carbonyl (C=O) groups excluding carboxylic acids is 1. The number of hydrogen-bond acceptors (Lipinski definition) is 2. The van der Waals surface area contributed by atoms with Gasteiger partial charge in [0.25, 0.3) is 0 Å². The van der Waals surface area contributed by atoms with Gasteiger partial charge in [0.1, 0.15) is 5.75 Å². The van der Waals surface area contributed by atoms with Gasteiger partial charge in [-0.3, -0.25) is 0 Å². The molecular formula is C21H16Cl2O2. The van der Waals surface area contributed by atoms with Gasteiger partial charge in [0.15, 0.2) is 0 Å². The third kappa shape index (κ3) is 4.41. The van der Waals surface area contributed by atoms with Crippen molar-refractivity contribution >= 4 is 29.2 Å². The first kappa shape index (κ1) is 17.5. The molecule has 0 radical (unpaired) electrons. The monoisotopic (exact) mass is 370 g/mol. The maximum absolute atomic E-state index is 12.2. The third-order valence-electron chi connectivity index (χ3n) is 3.87. The van der Waals surface area contributed by atoms with Crippen molar-refractivity contribution < 1.29 is 9.53 Å². The number of esters is 1. The standard InChI is InChI=1S/C21H16Cl2O2/c1-14-12-15(13-17-4-2-3-5-19(17)23)6-11-20(14)25-21(24)16-7-9-18(22)10-8-16/h2-12H,13H2,1H3. The molecule has 0 N–H and O–H groups in total. The van der Waals surface area contributed by atoms with Crippen molar-refractivity contribution in [3.63, 3.8) is 0 Å². The van der Waals surface area contributed by atoms with Crippen molar-refractivity contribution in [2.45, 2.75) is 13.3 Å². The van der Waals surface area contributed by atoms with Gasteiger partial charge < -0.3 is 4.74 Å². The lowest BCUT2D eigenvalue weighted by molar-refractivity contribution is 0.0733. The van der Waals surface area contributed by atoms with E-state index in [9.17, 15) is 4.79 Å². The van der Waals surface area contributed by atoms with Crippen LogP contribution in [0.3, 0.4) is 0 Å². The zero-order valence-electron chi connectivity index (χ0n) is 13.6. The summed E-state index contributed by atoms with van der Waals surface area (Å²) in [6.45, 7) is 1.92. The van der Waals surface area contributed by atoms with Crippen LogP contribution < -0.4 is 4.74 Å². The summed E-state index contributed by atoms with van der Waals surface area (Å²) in [5.41, 5.74) is 3.53. The van der Waals surface area contributed by atoms with Crippen LogP contribution in [0.25, 0.3) is 0 Å². The highest BCUT2D eigenvalue weighted by Gasteiger charge is 2.11. The molecule has 0 fully saturated rings. The average Bonchev–Trinajstić information content (AvgIpc) is 2.60. The first-order valence-corrected chi connectivity index (χ1v) is 8.59. The van der Waals surface area contributed by atoms with Gasteiger partial charge in [-0.15, -0.1) is 0 Å². The van der Waals surface area contributed by atoms with E-state index in [-0.39, 0.29) is 0 Å². The lowest BCUT2D eigenvalue weighted by atomic mass is 10.0. The largest absolute Gasteiger partial charge is 0.423 e. The number of ether oxygens (including phenoxy) is 1. The normalized spacial score (nSPS) is 10.5. The van der Waals surface area contributed by atoms with Crippen molar-refractivity contribution in [1.29, 1.82) is 0 Å². The minimum absolute atomic E-state index is 0.404. The second kappa shape index (κ2) is 7.73. The summed E-state index contributed by atoms with van der Waals surface area (Å²) in [5, 5.41) is 1.33. The van der Waals surface area contributed by atoms with Crippen LogP contribution in [-0.2, 0) is 6.42 Å². The molecule has 0 bridgehead atoms. The molecule has 126 valence electrons. The van der Waals surface area contributed by atoms with Crippen LogP contribution in [-0.4, -0.2) is 5.97 Å². The first-order chi connectivity index (χ1) is 12.0. The van der Waals surface area contributed by atoms with Crippen molar-refractivity contribution in [3.8, 4) is 5.75 Å². The van der Waals surface area contributed by atoms with E-state index >= 15 is 0 Å². The van der Waals surface area contributed by atoms with Gasteiger partial charge in [0.05, 0.1) is 5.56 Å². The van der Waals surface area contributed by atoms with Crippen molar-refractivity contribution in [1.82, 2.24) is 0 Å². The van der Waals surface area contributed by atoms with Crippen LogP contribution in [0.1, 0.15) is 27.0 Å². The average molecular weight is 371 g/mol. The molecule has 0 saturated heterocycles. The quantitative estimate of drug-likeness (QED) is 0.408. The number of rotatable bonds is 4. The Hall–Kier alpha value is -2.29. The molecule has 0 heterocycles. The van der Waals surface area contributed by atoms with Crippen LogP contribution in [0.2, 0.25) is 10.0 Å². The molecule has 0 aliphatic heterocycles. The van der Waals surface area contributed by atoms with E-state index in [1.165, 1.54) is 0 Å². The Morgan fingerprint density at radius 1 is 0.960 bits per heavy atom. The molecule has 3 rings (SSSR count). The summed E-state index contributed by atoms with van der Waals surface area (Å²) in [6, 6.07) is 20.2. The second-order valence-corrected chi connectivity index (χ2v) is 6.61. The van der Waals surface area contributed by atoms with E-state index in [0.717, 1.165) is 28.1 Å². The van der Waals surface area contributed by atoms with Crippen molar-refractivity contribution in [2.75, 3.05) is 0 Å². The molecule has 3 aromatic carbocycles. The number of aryl methyl sites for hydroxylation is 1. The first-order valence-electron chi connectivity index (χ1n) is 7.83. The maximum Gasteiger partial charge on any atom is 0.343 e. The minimum Gasteiger partial charge on any atom is -0.423 e. The highest BCUT2D eigenvalue weighted by Crippen LogP contribution is 2.24. The summed E-state index contributed by atoms with van der Waals surface area (Å²) in [5.74, 6) is 0.140. The Labute approximate surface area is 157 Å². The van der Waals surface area contributed by atoms with E-state index in [1.54, 1.807) is 24.3 Å². The zero-order valence-corrected chi connectivity index (χ0v) is 15.1. The van der Waals surface area contributed by atoms with Crippen LogP contribution in [0, 0.1) is 6.92 Å². The predicted molar refractivity (Wildman–Crippen MR) is 102 cm³/mol. The number of hydrogen-bond donors (Lipinski definition) is 0. The number of benzene rings is 3. The summed E-state index contributed by atoms with van der Waals surface area (Å²) >= 11 is 12.0. The maximum atomic E-state index is 12.2. The van der Waals surface area contributed by atoms with Crippen LogP contribution >= 0.6 is 23.2 Å². The van der Waals surface area contributed by atoms with Crippen LogP contribution in [0.4, 0.5) is 0 Å². The van der Waals surface area contributed by atoms with E-state index in [4.69, 9.17) is 27.9 Å². The molecule has 0 spiro atoms. The Kier molecular flexibility index (Phi) is 5.42. The second-order valence-electron chi connectivity index (χ2n) is 5.76. The number of carbonyl (C=O) groups is 1. The van der Waals surface area contributed by atoms with Gasteiger partial charge >= 0.3 is 5.97 Å². The summed E-state index contributed by atoms with van der Waals surface area (Å²) in [7, 11) is 0. The zero-order chi connectivity index (χ0) is 17.8. The van der Waals surface area contributed by atoms with Crippen LogP contribution in [0.15, 0.2) is 66.7 Å². The Morgan fingerprint density at radius 3 is 2.36 bits per heavy atom. The highest BCUT2D eigenvalue weighted by molar-refractivity contribution is 6.31. The van der Waals surface area contributed by atoms with E-state index in [0.29, 0.717) is 16.3 Å². The summed E-state index contributed by atoms with van der Waals surface area (Å²) in [4.78, 5) is 12.2. The summed E-state index contributed by atoms with van der Waals surface area (Å²) in [6.07, 6.45) is 0.728. The molecule has 0 saturated carbocycles. The van der Waals surface area contributed by atoms with Crippen molar-refractivity contribution in [2.24, 2.45) is 0 Å². The lowest BCUT2D eigenvalue weighted by Crippen LogP contribution is -2.09. The SMILES string of the molecule is Cc1cc(Cc2ccccc2Cl)ccc1OC(=O)c1ccc(Cl)cc1. The molecule has 4 heteroatoms. The van der Waals surface area contributed by atoms with Gasteiger partial charge in [-0.1, -0.05) is 53.5 Å². The molecule has 0 aliphatic carbocycles. The Balaban J connectivity index is 1.74. The Bertz CT molecular complexity index is 902. The molecule has 0 unspecified atom stereocenters. The molecule has 0 atom stereocenters. The molecular weight excluding hydrogens is 355 g/mol. The fraction of sp³-hybridized carbons (Fsp3) is 0.0952. The van der Waals surface area contributed by atoms with Crippen LogP contribution in [0.5, 0.6) is 5.75 Å². The lowest BCUT2D eigenvalue weighted by Gasteiger charge is -2.10. The number of halogens is 2.